The topological polar surface area (TPSA) is 77.8 Å². The van der Waals surface area contributed by atoms with E-state index in [1.807, 2.05) is 4.90 Å². The fourth-order valence-corrected chi connectivity index (χ4v) is 4.31. The van der Waals surface area contributed by atoms with Crippen molar-refractivity contribution in [1.29, 1.82) is 0 Å². The fraction of sp³-hybridized carbons (Fsp3) is 0.867. The Labute approximate surface area is 119 Å². The SMILES string of the molecule is O=C(O)C1CCC(C(=O)N2C3CCC2CC(O)C3)CC1. The van der Waals surface area contributed by atoms with Gasteiger partial charge < -0.3 is 15.1 Å². The number of carbonyl (C=O) groups is 2. The molecule has 0 radical (unpaired) electrons. The largest absolute Gasteiger partial charge is 0.481 e. The van der Waals surface area contributed by atoms with E-state index >= 15 is 0 Å². The number of piperidine rings is 1. The second-order valence-corrected chi connectivity index (χ2v) is 6.64. The van der Waals surface area contributed by atoms with Crippen molar-refractivity contribution in [2.45, 2.75) is 69.6 Å². The number of amides is 1. The van der Waals surface area contributed by atoms with Crippen LogP contribution in [0.1, 0.15) is 51.4 Å². The molecule has 112 valence electrons. The van der Waals surface area contributed by atoms with Crippen molar-refractivity contribution in [3.63, 3.8) is 0 Å². The van der Waals surface area contributed by atoms with Gasteiger partial charge in [-0.1, -0.05) is 0 Å². The minimum Gasteiger partial charge on any atom is -0.481 e. The zero-order chi connectivity index (χ0) is 14.3. The summed E-state index contributed by atoms with van der Waals surface area (Å²) in [5.41, 5.74) is 0. The van der Waals surface area contributed by atoms with Crippen LogP contribution in [0.15, 0.2) is 0 Å². The van der Waals surface area contributed by atoms with Gasteiger partial charge >= 0.3 is 5.97 Å². The Morgan fingerprint density at radius 1 is 0.850 bits per heavy atom. The highest BCUT2D eigenvalue weighted by atomic mass is 16.4. The first kappa shape index (κ1) is 13.9. The van der Waals surface area contributed by atoms with Gasteiger partial charge in [0.25, 0.3) is 0 Å². The molecule has 1 amide bonds. The summed E-state index contributed by atoms with van der Waals surface area (Å²) in [6.07, 6.45) is 5.85. The van der Waals surface area contributed by atoms with E-state index in [9.17, 15) is 14.7 Å². The van der Waals surface area contributed by atoms with Crippen LogP contribution in [0.3, 0.4) is 0 Å². The Morgan fingerprint density at radius 3 is 1.85 bits per heavy atom. The van der Waals surface area contributed by atoms with Crippen LogP contribution in [-0.4, -0.2) is 45.2 Å². The zero-order valence-corrected chi connectivity index (χ0v) is 11.7. The third-order valence-corrected chi connectivity index (χ3v) is 5.39. The van der Waals surface area contributed by atoms with Gasteiger partial charge in [0.2, 0.25) is 5.91 Å². The number of rotatable bonds is 2. The Morgan fingerprint density at radius 2 is 1.35 bits per heavy atom. The quantitative estimate of drug-likeness (QED) is 0.802. The Kier molecular flexibility index (Phi) is 3.71. The van der Waals surface area contributed by atoms with Crippen molar-refractivity contribution in [2.24, 2.45) is 11.8 Å². The van der Waals surface area contributed by atoms with E-state index in [0.717, 1.165) is 12.8 Å². The van der Waals surface area contributed by atoms with Gasteiger partial charge in [-0.25, -0.2) is 0 Å². The number of aliphatic hydroxyl groups is 1. The highest BCUT2D eigenvalue weighted by Crippen LogP contribution is 2.39. The number of carbonyl (C=O) groups excluding carboxylic acids is 1. The van der Waals surface area contributed by atoms with Crippen LogP contribution >= 0.6 is 0 Å². The lowest BCUT2D eigenvalue weighted by Crippen LogP contribution is -2.50. The first-order valence-corrected chi connectivity index (χ1v) is 7.79. The number of hydrogen-bond acceptors (Lipinski definition) is 3. The van der Waals surface area contributed by atoms with E-state index in [-0.39, 0.29) is 35.9 Å². The number of aliphatic carboxylic acids is 1. The van der Waals surface area contributed by atoms with Crippen LogP contribution in [0.4, 0.5) is 0 Å². The van der Waals surface area contributed by atoms with E-state index < -0.39 is 5.97 Å². The van der Waals surface area contributed by atoms with E-state index in [2.05, 4.69) is 0 Å². The van der Waals surface area contributed by atoms with E-state index in [1.54, 1.807) is 0 Å². The lowest BCUT2D eigenvalue weighted by atomic mass is 9.81. The first-order valence-electron chi connectivity index (χ1n) is 7.79. The Balaban J connectivity index is 1.62. The highest BCUT2D eigenvalue weighted by molar-refractivity contribution is 5.80. The third-order valence-electron chi connectivity index (χ3n) is 5.39. The molecule has 2 heterocycles. The molecule has 0 spiro atoms. The van der Waals surface area contributed by atoms with Crippen molar-refractivity contribution in [2.75, 3.05) is 0 Å². The maximum Gasteiger partial charge on any atom is 0.306 e. The molecule has 0 aromatic carbocycles. The van der Waals surface area contributed by atoms with Crippen LogP contribution in [0, 0.1) is 11.8 Å². The third kappa shape index (κ3) is 2.43. The van der Waals surface area contributed by atoms with Crippen LogP contribution in [0.25, 0.3) is 0 Å². The molecular weight excluding hydrogens is 258 g/mol. The molecule has 0 aromatic rings. The molecule has 5 nitrogen and oxygen atoms in total. The second-order valence-electron chi connectivity index (χ2n) is 6.64. The first-order chi connectivity index (χ1) is 9.56. The van der Waals surface area contributed by atoms with E-state index in [1.165, 1.54) is 0 Å². The summed E-state index contributed by atoms with van der Waals surface area (Å²) < 4.78 is 0. The average molecular weight is 281 g/mol. The molecule has 5 heteroatoms. The summed E-state index contributed by atoms with van der Waals surface area (Å²) in [4.78, 5) is 25.7. The maximum absolute atomic E-state index is 12.7. The molecule has 3 rings (SSSR count). The highest BCUT2D eigenvalue weighted by Gasteiger charge is 2.45. The van der Waals surface area contributed by atoms with Crippen molar-refractivity contribution in [3.05, 3.63) is 0 Å². The van der Waals surface area contributed by atoms with Gasteiger partial charge in [0.15, 0.2) is 0 Å². The molecule has 1 saturated carbocycles. The number of nitrogens with zero attached hydrogens (tertiary/aromatic N) is 1. The molecule has 2 N–H and O–H groups in total. The molecule has 2 bridgehead atoms. The number of carboxylic acid groups (broad SMARTS) is 1. The summed E-state index contributed by atoms with van der Waals surface area (Å²) >= 11 is 0. The molecule has 2 saturated heterocycles. The van der Waals surface area contributed by atoms with E-state index in [0.29, 0.717) is 38.5 Å². The van der Waals surface area contributed by atoms with Crippen LogP contribution in [0.2, 0.25) is 0 Å². The standard InChI is InChI=1S/C15H23NO4/c17-13-7-11-5-6-12(8-13)16(11)14(18)9-1-3-10(4-2-9)15(19)20/h9-13,17H,1-8H2,(H,19,20). The van der Waals surface area contributed by atoms with Crippen LogP contribution < -0.4 is 0 Å². The number of carboxylic acids is 1. The van der Waals surface area contributed by atoms with Crippen LogP contribution in [0.5, 0.6) is 0 Å². The average Bonchev–Trinajstić information content (AvgIpc) is 2.70. The van der Waals surface area contributed by atoms with E-state index in [4.69, 9.17) is 5.11 Å². The minimum atomic E-state index is -0.725. The second kappa shape index (κ2) is 5.35. The summed E-state index contributed by atoms with van der Waals surface area (Å²) in [5.74, 6) is -0.770. The molecule has 2 aliphatic heterocycles. The number of hydrogen-bond donors (Lipinski definition) is 2. The zero-order valence-electron chi connectivity index (χ0n) is 11.7. The smallest absolute Gasteiger partial charge is 0.306 e. The summed E-state index contributed by atoms with van der Waals surface area (Å²) in [5, 5.41) is 18.8. The molecule has 3 fully saturated rings. The number of aliphatic hydroxyl groups excluding tert-OH is 1. The summed E-state index contributed by atoms with van der Waals surface area (Å²) in [6.45, 7) is 0. The van der Waals surface area contributed by atoms with Crippen molar-refractivity contribution in [3.8, 4) is 0 Å². The van der Waals surface area contributed by atoms with Gasteiger partial charge in [-0.15, -0.1) is 0 Å². The van der Waals surface area contributed by atoms with Crippen molar-refractivity contribution in [1.82, 2.24) is 4.90 Å². The molecule has 2 atom stereocenters. The van der Waals surface area contributed by atoms with Gasteiger partial charge in [0.1, 0.15) is 0 Å². The summed E-state index contributed by atoms with van der Waals surface area (Å²) in [7, 11) is 0. The van der Waals surface area contributed by atoms with Gasteiger partial charge in [-0.05, 0) is 51.4 Å². The predicted molar refractivity (Wildman–Crippen MR) is 72.0 cm³/mol. The monoisotopic (exact) mass is 281 g/mol. The molecule has 2 unspecified atom stereocenters. The lowest BCUT2D eigenvalue weighted by Gasteiger charge is -2.40. The van der Waals surface area contributed by atoms with Gasteiger partial charge in [-0.3, -0.25) is 9.59 Å². The molecular formula is C15H23NO4. The summed E-state index contributed by atoms with van der Waals surface area (Å²) in [6, 6.07) is 0.432. The lowest BCUT2D eigenvalue weighted by molar-refractivity contribution is -0.148. The van der Waals surface area contributed by atoms with Gasteiger partial charge in [-0.2, -0.15) is 0 Å². The molecule has 3 aliphatic rings. The Hall–Kier alpha value is -1.10. The van der Waals surface area contributed by atoms with Crippen molar-refractivity contribution >= 4 is 11.9 Å². The normalized spacial score (nSPS) is 40.6. The van der Waals surface area contributed by atoms with Crippen molar-refractivity contribution < 1.29 is 19.8 Å². The number of fused-ring (bicyclic) bond motifs is 2. The molecule has 1 aliphatic carbocycles. The fourth-order valence-electron chi connectivity index (χ4n) is 4.31. The van der Waals surface area contributed by atoms with Gasteiger partial charge in [0, 0.05) is 18.0 Å². The van der Waals surface area contributed by atoms with Crippen LogP contribution in [-0.2, 0) is 9.59 Å². The molecule has 20 heavy (non-hydrogen) atoms. The minimum absolute atomic E-state index is 0.00365. The predicted octanol–water partition coefficient (Wildman–Crippen LogP) is 1.39. The van der Waals surface area contributed by atoms with Gasteiger partial charge in [0.05, 0.1) is 12.0 Å². The maximum atomic E-state index is 12.7. The molecule has 0 aromatic heterocycles. The Bertz CT molecular complexity index is 389.